The Hall–Kier alpha value is -7.20. The highest BCUT2D eigenvalue weighted by Crippen LogP contribution is 2.38. The number of piperazine rings is 2. The van der Waals surface area contributed by atoms with Crippen molar-refractivity contribution in [2.75, 3.05) is 83.4 Å². The first kappa shape index (κ1) is 47.8. The van der Waals surface area contributed by atoms with Gasteiger partial charge in [0.15, 0.2) is 34.3 Å². The van der Waals surface area contributed by atoms with Crippen LogP contribution in [0.5, 0.6) is 0 Å². The summed E-state index contributed by atoms with van der Waals surface area (Å²) in [5.41, 5.74) is 5.21. The zero-order valence-corrected chi connectivity index (χ0v) is 40.3. The van der Waals surface area contributed by atoms with Gasteiger partial charge in [0.05, 0.1) is 68.5 Å². The number of nitriles is 4. The maximum absolute atomic E-state index is 9.53. The van der Waals surface area contributed by atoms with Crippen molar-refractivity contribution in [3.63, 3.8) is 0 Å². The summed E-state index contributed by atoms with van der Waals surface area (Å²) in [6.45, 7) is 6.59. The van der Waals surface area contributed by atoms with Crippen LogP contribution in [0.3, 0.4) is 0 Å². The lowest BCUT2D eigenvalue weighted by Crippen LogP contribution is -2.43. The smallest absolute Gasteiger partial charge is 0.247 e. The highest BCUT2D eigenvalue weighted by molar-refractivity contribution is 6.36. The molecule has 2 aromatic carbocycles. The summed E-state index contributed by atoms with van der Waals surface area (Å²) in [5.74, 6) is 1.62. The number of hydrogen-bond acceptors (Lipinski definition) is 18. The van der Waals surface area contributed by atoms with Crippen molar-refractivity contribution in [3.05, 3.63) is 69.2 Å². The molecule has 2 aliphatic heterocycles. The van der Waals surface area contributed by atoms with Gasteiger partial charge in [0.2, 0.25) is 11.9 Å². The fourth-order valence-electron chi connectivity index (χ4n) is 7.60. The van der Waals surface area contributed by atoms with E-state index in [1.165, 1.54) is 72.8 Å². The molecule has 0 amide bonds. The predicted octanol–water partition coefficient (Wildman–Crippen LogP) is 7.62. The third kappa shape index (κ3) is 11.6. The van der Waals surface area contributed by atoms with Crippen LogP contribution in [0.15, 0.2) is 36.7 Å². The van der Waals surface area contributed by atoms with Crippen LogP contribution in [0.2, 0.25) is 10.0 Å². The summed E-state index contributed by atoms with van der Waals surface area (Å²) >= 11 is 13.5. The number of rotatable bonds is 10. The maximum atomic E-state index is 9.53. The van der Waals surface area contributed by atoms with Gasteiger partial charge in [-0.25, -0.2) is 9.97 Å². The number of aromatic nitrogens is 8. The second-order valence-electron chi connectivity index (χ2n) is 17.9. The molecular formula is C48H54Cl2N20. The van der Waals surface area contributed by atoms with Crippen LogP contribution in [-0.4, -0.2) is 104 Å². The van der Waals surface area contributed by atoms with E-state index in [0.29, 0.717) is 78.9 Å². The first-order chi connectivity index (χ1) is 34.3. The Kier molecular flexibility index (Phi) is 15.4. The van der Waals surface area contributed by atoms with Crippen LogP contribution in [0.25, 0.3) is 11.3 Å². The summed E-state index contributed by atoms with van der Waals surface area (Å²) in [5, 5.41) is 67.3. The highest BCUT2D eigenvalue weighted by atomic mass is 35.5. The molecule has 6 aromatic rings. The Bertz CT molecular complexity index is 2770. The van der Waals surface area contributed by atoms with Gasteiger partial charge < -0.3 is 41.7 Å². The quantitative estimate of drug-likeness (QED) is 0.0771. The van der Waals surface area contributed by atoms with Crippen LogP contribution in [0.1, 0.15) is 99.6 Å². The van der Waals surface area contributed by atoms with Gasteiger partial charge in [0, 0.05) is 64.4 Å². The van der Waals surface area contributed by atoms with Gasteiger partial charge >= 0.3 is 0 Å². The Labute approximate surface area is 416 Å². The van der Waals surface area contributed by atoms with Crippen molar-refractivity contribution in [1.29, 1.82) is 21.0 Å². The van der Waals surface area contributed by atoms with Crippen molar-refractivity contribution >= 4 is 80.8 Å². The molecule has 6 fully saturated rings. The maximum Gasteiger partial charge on any atom is 0.247 e. The predicted molar refractivity (Wildman–Crippen MR) is 270 cm³/mol. The summed E-state index contributed by atoms with van der Waals surface area (Å²) < 4.78 is 2.92. The molecule has 6 heterocycles. The van der Waals surface area contributed by atoms with Crippen LogP contribution in [0.4, 0.5) is 46.3 Å². The van der Waals surface area contributed by atoms with Crippen molar-refractivity contribution in [1.82, 2.24) is 49.8 Å². The lowest BCUT2D eigenvalue weighted by atomic mass is 10.0. The molecule has 70 heavy (non-hydrogen) atoms. The average Bonchev–Trinajstić information content (AvgIpc) is 4.27. The van der Waals surface area contributed by atoms with Crippen LogP contribution in [-0.2, 0) is 0 Å². The van der Waals surface area contributed by atoms with E-state index >= 15 is 0 Å². The summed E-state index contributed by atoms with van der Waals surface area (Å²) in [7, 11) is 0. The standard InChI is InChI=1S/2C20H19ClN10.2C4H8/c2*21-17-15(7-12(9-22)8-16(17)30-5-3-24-4-6-30)27-20-28-18(26-13-1-2-13)19-25-11-14(10-23)31(19)29-20;2*1-2-4-3-1/h2*7-8,11,13,24H,1-6H2,(H2,26,27,28,29);2*1-4H2. The Morgan fingerprint density at radius 2 is 0.900 bits per heavy atom. The van der Waals surface area contributed by atoms with E-state index in [9.17, 15) is 21.0 Å². The van der Waals surface area contributed by atoms with Gasteiger partial charge in [-0.2, -0.15) is 40.0 Å². The molecule has 0 spiro atoms. The average molecular weight is 982 g/mol. The molecule has 0 radical (unpaired) electrons. The first-order valence-electron chi connectivity index (χ1n) is 24.1. The minimum atomic E-state index is 0.258. The van der Waals surface area contributed by atoms with E-state index in [4.69, 9.17) is 23.2 Å². The number of hydrogen-bond donors (Lipinski definition) is 6. The molecule has 22 heteroatoms. The molecule has 12 rings (SSSR count). The Balaban J connectivity index is 0.000000149. The topological polar surface area (TPSA) is 260 Å². The number of fused-ring (bicyclic) bond motifs is 2. The van der Waals surface area contributed by atoms with Gasteiger partial charge in [-0.05, 0) is 49.9 Å². The van der Waals surface area contributed by atoms with Gasteiger partial charge in [0.1, 0.15) is 12.1 Å². The fourth-order valence-corrected chi connectivity index (χ4v) is 8.15. The van der Waals surface area contributed by atoms with Crippen LogP contribution in [0, 0.1) is 45.3 Å². The van der Waals surface area contributed by atoms with Crippen molar-refractivity contribution in [2.24, 2.45) is 0 Å². The van der Waals surface area contributed by atoms with E-state index in [2.05, 4.69) is 96.1 Å². The number of anilines is 8. The second-order valence-corrected chi connectivity index (χ2v) is 18.6. The molecule has 0 unspecified atom stereocenters. The zero-order chi connectivity index (χ0) is 48.4. The van der Waals surface area contributed by atoms with Crippen molar-refractivity contribution in [2.45, 2.75) is 89.1 Å². The first-order valence-corrected chi connectivity index (χ1v) is 24.9. The molecule has 360 valence electrons. The van der Waals surface area contributed by atoms with E-state index in [1.807, 2.05) is 0 Å². The van der Waals surface area contributed by atoms with Crippen LogP contribution < -0.4 is 41.7 Å². The van der Waals surface area contributed by atoms with Gasteiger partial charge in [-0.3, -0.25) is 0 Å². The zero-order valence-electron chi connectivity index (χ0n) is 38.8. The minimum Gasteiger partial charge on any atom is -0.368 e. The largest absolute Gasteiger partial charge is 0.368 e. The molecule has 2 saturated heterocycles. The molecule has 6 aliphatic rings. The summed E-state index contributed by atoms with van der Waals surface area (Å²) in [4.78, 5) is 22.0. The molecule has 4 aromatic heterocycles. The lowest BCUT2D eigenvalue weighted by Gasteiger charge is -2.30. The van der Waals surface area contributed by atoms with Crippen molar-refractivity contribution < 1.29 is 0 Å². The van der Waals surface area contributed by atoms with Gasteiger partial charge in [-0.15, -0.1) is 10.2 Å². The van der Waals surface area contributed by atoms with E-state index in [-0.39, 0.29) is 11.9 Å². The number of benzene rings is 2. The summed E-state index contributed by atoms with van der Waals surface area (Å²) in [6.07, 6.45) is 19.2. The summed E-state index contributed by atoms with van der Waals surface area (Å²) in [6, 6.07) is 16.2. The molecule has 4 saturated carbocycles. The Morgan fingerprint density at radius 3 is 1.21 bits per heavy atom. The van der Waals surface area contributed by atoms with Gasteiger partial charge in [0.25, 0.3) is 0 Å². The van der Waals surface area contributed by atoms with E-state index in [0.717, 1.165) is 89.4 Å². The normalized spacial score (nSPS) is 16.9. The monoisotopic (exact) mass is 980 g/mol. The third-order valence-electron chi connectivity index (χ3n) is 12.6. The number of nitrogens with one attached hydrogen (secondary N) is 6. The van der Waals surface area contributed by atoms with Gasteiger partial charge in [-0.1, -0.05) is 74.6 Å². The third-order valence-corrected chi connectivity index (χ3v) is 13.4. The SMILES string of the molecule is C1CCC1.C1CCC1.N#Cc1cc(Nc2nc(NC3CC3)c3ncc(C#N)n3n2)c(Cl)c(N2CCNCC2)c1.N#Cc1cc(Nc2nc(NC3CC3)c3ncc(C#N)n3n2)c(Cl)c(N2CCNCC2)c1. The van der Waals surface area contributed by atoms with Crippen LogP contribution >= 0.6 is 23.2 Å². The molecule has 4 aliphatic carbocycles. The van der Waals surface area contributed by atoms with E-state index in [1.54, 1.807) is 24.3 Å². The number of halogens is 2. The fraction of sp³-hybridized carbons (Fsp3) is 0.458. The highest BCUT2D eigenvalue weighted by Gasteiger charge is 2.27. The molecule has 0 bridgehead atoms. The molecule has 0 atom stereocenters. The molecule has 6 N–H and O–H groups in total. The molecule has 20 nitrogen and oxygen atoms in total. The Morgan fingerprint density at radius 1 is 0.529 bits per heavy atom. The molecular weight excluding hydrogens is 928 g/mol. The minimum absolute atomic E-state index is 0.258. The van der Waals surface area contributed by atoms with Crippen molar-refractivity contribution in [3.8, 4) is 24.3 Å². The van der Waals surface area contributed by atoms with E-state index < -0.39 is 0 Å². The number of nitrogens with zero attached hydrogens (tertiary/aromatic N) is 14. The lowest BCUT2D eigenvalue weighted by molar-refractivity contribution is 0.504. The second kappa shape index (κ2) is 22.5. The number of imidazole rings is 2.